The fourth-order valence-electron chi connectivity index (χ4n) is 2.80. The highest BCUT2D eigenvalue weighted by atomic mass is 16.3. The van der Waals surface area contributed by atoms with Crippen LogP contribution in [0.1, 0.15) is 52.5 Å². The van der Waals surface area contributed by atoms with E-state index in [-0.39, 0.29) is 12.1 Å². The van der Waals surface area contributed by atoms with Crippen LogP contribution in [0.15, 0.2) is 12.7 Å². The van der Waals surface area contributed by atoms with Gasteiger partial charge in [0.25, 0.3) is 0 Å². The van der Waals surface area contributed by atoms with Crippen LogP contribution >= 0.6 is 0 Å². The lowest BCUT2D eigenvalue weighted by Gasteiger charge is -2.41. The summed E-state index contributed by atoms with van der Waals surface area (Å²) in [6.07, 6.45) is 7.16. The third-order valence-electron chi connectivity index (χ3n) is 4.57. The molecule has 4 nitrogen and oxygen atoms in total. The minimum absolute atomic E-state index is 0.0991. The molecule has 1 aliphatic rings. The molecule has 0 aromatic carbocycles. The molecule has 17 heavy (non-hydrogen) atoms. The molecular formula is C13H23N3O. The standard InChI is InChI=1S/C13H23N3O/c1-4-13(2,3)10-5-6-12(17)11(7-10)16-9-14-8-15-16/h8-12,17H,4-7H2,1-3H3. The molecule has 0 radical (unpaired) electrons. The van der Waals surface area contributed by atoms with Crippen LogP contribution < -0.4 is 0 Å². The second-order valence-electron chi connectivity index (χ2n) is 5.86. The predicted molar refractivity (Wildman–Crippen MR) is 66.5 cm³/mol. The van der Waals surface area contributed by atoms with E-state index in [2.05, 4.69) is 30.9 Å². The SMILES string of the molecule is CCC(C)(C)C1CCC(O)C(n2cncn2)C1. The van der Waals surface area contributed by atoms with Crippen LogP contribution in [-0.4, -0.2) is 26.0 Å². The minimum atomic E-state index is -0.277. The Bertz CT molecular complexity index is 348. The van der Waals surface area contributed by atoms with Crippen molar-refractivity contribution < 1.29 is 5.11 Å². The van der Waals surface area contributed by atoms with Crippen molar-refractivity contribution in [1.29, 1.82) is 0 Å². The molecule has 0 spiro atoms. The number of hydrogen-bond acceptors (Lipinski definition) is 3. The van der Waals surface area contributed by atoms with Crippen molar-refractivity contribution in [3.8, 4) is 0 Å². The molecule has 1 aromatic heterocycles. The summed E-state index contributed by atoms with van der Waals surface area (Å²) < 4.78 is 1.82. The number of nitrogens with zero attached hydrogens (tertiary/aromatic N) is 3. The first-order chi connectivity index (χ1) is 8.04. The van der Waals surface area contributed by atoms with Crippen LogP contribution in [0.3, 0.4) is 0 Å². The van der Waals surface area contributed by atoms with Crippen molar-refractivity contribution in [2.24, 2.45) is 11.3 Å². The molecule has 1 aliphatic carbocycles. The van der Waals surface area contributed by atoms with Gasteiger partial charge in [0.2, 0.25) is 0 Å². The van der Waals surface area contributed by atoms with Gasteiger partial charge in [0.15, 0.2) is 0 Å². The number of aromatic nitrogens is 3. The normalized spacial score (nSPS) is 30.5. The molecule has 1 fully saturated rings. The summed E-state index contributed by atoms with van der Waals surface area (Å²) in [6.45, 7) is 6.90. The van der Waals surface area contributed by atoms with E-state index in [1.165, 1.54) is 6.42 Å². The Morgan fingerprint density at radius 1 is 1.41 bits per heavy atom. The Balaban J connectivity index is 2.12. The number of rotatable bonds is 3. The maximum Gasteiger partial charge on any atom is 0.137 e. The summed E-state index contributed by atoms with van der Waals surface area (Å²) in [6, 6.07) is 0.0991. The van der Waals surface area contributed by atoms with Gasteiger partial charge in [-0.1, -0.05) is 27.2 Å². The summed E-state index contributed by atoms with van der Waals surface area (Å²) in [4.78, 5) is 3.98. The molecule has 2 rings (SSSR count). The quantitative estimate of drug-likeness (QED) is 0.878. The lowest BCUT2D eigenvalue weighted by molar-refractivity contribution is 0.0146. The number of hydrogen-bond donors (Lipinski definition) is 1. The Morgan fingerprint density at radius 2 is 2.18 bits per heavy atom. The van der Waals surface area contributed by atoms with E-state index in [4.69, 9.17) is 0 Å². The largest absolute Gasteiger partial charge is 0.391 e. The van der Waals surface area contributed by atoms with Crippen molar-refractivity contribution in [1.82, 2.24) is 14.8 Å². The second kappa shape index (κ2) is 4.77. The average Bonchev–Trinajstić information content (AvgIpc) is 2.83. The van der Waals surface area contributed by atoms with Gasteiger partial charge >= 0.3 is 0 Å². The molecular weight excluding hydrogens is 214 g/mol. The lowest BCUT2D eigenvalue weighted by Crippen LogP contribution is -2.37. The van der Waals surface area contributed by atoms with Crippen LogP contribution in [-0.2, 0) is 0 Å². The van der Waals surface area contributed by atoms with Gasteiger partial charge in [-0.2, -0.15) is 5.10 Å². The van der Waals surface area contributed by atoms with Crippen molar-refractivity contribution in [3.05, 3.63) is 12.7 Å². The summed E-state index contributed by atoms with van der Waals surface area (Å²) in [5.41, 5.74) is 0.346. The number of aliphatic hydroxyl groups excluding tert-OH is 1. The smallest absolute Gasteiger partial charge is 0.137 e. The van der Waals surface area contributed by atoms with E-state index >= 15 is 0 Å². The molecule has 96 valence electrons. The molecule has 1 N–H and O–H groups in total. The molecule has 3 atom stereocenters. The fraction of sp³-hybridized carbons (Fsp3) is 0.846. The third kappa shape index (κ3) is 2.51. The van der Waals surface area contributed by atoms with Gasteiger partial charge in [-0.05, 0) is 30.6 Å². The predicted octanol–water partition coefficient (Wildman–Crippen LogP) is 2.42. The highest BCUT2D eigenvalue weighted by Crippen LogP contribution is 2.43. The van der Waals surface area contributed by atoms with Gasteiger partial charge < -0.3 is 5.11 Å². The van der Waals surface area contributed by atoms with Crippen molar-refractivity contribution >= 4 is 0 Å². The van der Waals surface area contributed by atoms with Crippen molar-refractivity contribution in [2.45, 2.75) is 58.6 Å². The van der Waals surface area contributed by atoms with Crippen molar-refractivity contribution in [3.63, 3.8) is 0 Å². The van der Waals surface area contributed by atoms with E-state index in [1.54, 1.807) is 12.7 Å². The van der Waals surface area contributed by atoms with E-state index in [0.717, 1.165) is 19.3 Å². The Morgan fingerprint density at radius 3 is 2.76 bits per heavy atom. The van der Waals surface area contributed by atoms with Crippen LogP contribution in [0, 0.1) is 11.3 Å². The third-order valence-corrected chi connectivity index (χ3v) is 4.57. The van der Waals surface area contributed by atoms with Crippen molar-refractivity contribution in [2.75, 3.05) is 0 Å². The van der Waals surface area contributed by atoms with Gasteiger partial charge in [0.1, 0.15) is 12.7 Å². The van der Waals surface area contributed by atoms with Gasteiger partial charge in [0.05, 0.1) is 12.1 Å². The first-order valence-corrected chi connectivity index (χ1v) is 6.56. The first kappa shape index (κ1) is 12.6. The Hall–Kier alpha value is -0.900. The molecule has 1 heterocycles. The molecule has 0 amide bonds. The summed E-state index contributed by atoms with van der Waals surface area (Å²) in [5.74, 6) is 0.658. The van der Waals surface area contributed by atoms with Crippen LogP contribution in [0.4, 0.5) is 0 Å². The van der Waals surface area contributed by atoms with Gasteiger partial charge in [0, 0.05) is 0 Å². The molecule has 0 saturated heterocycles. The highest BCUT2D eigenvalue weighted by Gasteiger charge is 2.37. The summed E-state index contributed by atoms with van der Waals surface area (Å²) in [5, 5.41) is 14.3. The topological polar surface area (TPSA) is 50.9 Å². The molecule has 3 unspecified atom stereocenters. The zero-order valence-electron chi connectivity index (χ0n) is 11.0. The molecule has 1 saturated carbocycles. The number of aliphatic hydroxyl groups is 1. The molecule has 0 bridgehead atoms. The fourth-order valence-corrected chi connectivity index (χ4v) is 2.80. The van der Waals surface area contributed by atoms with Gasteiger partial charge in [-0.15, -0.1) is 0 Å². The molecule has 1 aromatic rings. The first-order valence-electron chi connectivity index (χ1n) is 6.56. The van der Waals surface area contributed by atoms with E-state index in [1.807, 2.05) is 4.68 Å². The zero-order chi connectivity index (χ0) is 12.5. The van der Waals surface area contributed by atoms with E-state index in [9.17, 15) is 5.11 Å². The van der Waals surface area contributed by atoms with E-state index in [0.29, 0.717) is 11.3 Å². The highest BCUT2D eigenvalue weighted by molar-refractivity contribution is 4.89. The average molecular weight is 237 g/mol. The molecule has 0 aliphatic heterocycles. The maximum atomic E-state index is 10.1. The lowest BCUT2D eigenvalue weighted by atomic mass is 9.68. The summed E-state index contributed by atoms with van der Waals surface area (Å²) in [7, 11) is 0. The molecule has 4 heteroatoms. The Kier molecular flexibility index (Phi) is 3.52. The van der Waals surface area contributed by atoms with Crippen LogP contribution in [0.5, 0.6) is 0 Å². The second-order valence-corrected chi connectivity index (χ2v) is 5.86. The van der Waals surface area contributed by atoms with Crippen LogP contribution in [0.25, 0.3) is 0 Å². The van der Waals surface area contributed by atoms with E-state index < -0.39 is 0 Å². The van der Waals surface area contributed by atoms with Gasteiger partial charge in [-0.25, -0.2) is 9.67 Å². The van der Waals surface area contributed by atoms with Crippen LogP contribution in [0.2, 0.25) is 0 Å². The summed E-state index contributed by atoms with van der Waals surface area (Å²) >= 11 is 0. The monoisotopic (exact) mass is 237 g/mol. The zero-order valence-corrected chi connectivity index (χ0v) is 11.0. The maximum absolute atomic E-state index is 10.1. The van der Waals surface area contributed by atoms with Gasteiger partial charge in [-0.3, -0.25) is 0 Å². The minimum Gasteiger partial charge on any atom is -0.391 e. The Labute approximate surface area is 103 Å².